The molecule has 1 aromatic rings. The fraction of sp³-hybridized carbons (Fsp3) is 0.529. The summed E-state index contributed by atoms with van der Waals surface area (Å²) in [5.41, 5.74) is 1.20. The van der Waals surface area contributed by atoms with E-state index in [2.05, 4.69) is 17.1 Å². The van der Waals surface area contributed by atoms with Gasteiger partial charge in [-0.15, -0.1) is 0 Å². The summed E-state index contributed by atoms with van der Waals surface area (Å²) in [5.74, 6) is 0.235. The summed E-state index contributed by atoms with van der Waals surface area (Å²) in [6, 6.07) is 10.0. The average molecular weight is 367 g/mol. The van der Waals surface area contributed by atoms with E-state index in [-0.39, 0.29) is 28.7 Å². The molecule has 2 fully saturated rings. The van der Waals surface area contributed by atoms with E-state index >= 15 is 0 Å². The highest BCUT2D eigenvalue weighted by Gasteiger charge is 2.48. The molecule has 1 amide bonds. The van der Waals surface area contributed by atoms with Gasteiger partial charge in [0.15, 0.2) is 15.0 Å². The van der Waals surface area contributed by atoms with Gasteiger partial charge in [-0.2, -0.15) is 4.99 Å². The van der Waals surface area contributed by atoms with Crippen LogP contribution in [0.25, 0.3) is 0 Å². The van der Waals surface area contributed by atoms with Crippen LogP contribution in [0.5, 0.6) is 0 Å². The van der Waals surface area contributed by atoms with Crippen LogP contribution < -0.4 is 0 Å². The first-order valence-corrected chi connectivity index (χ1v) is 11.0. The van der Waals surface area contributed by atoms with Crippen LogP contribution in [0.2, 0.25) is 0 Å². The molecule has 130 valence electrons. The van der Waals surface area contributed by atoms with Gasteiger partial charge in [0.25, 0.3) is 0 Å². The van der Waals surface area contributed by atoms with Crippen molar-refractivity contribution in [2.75, 3.05) is 18.1 Å². The van der Waals surface area contributed by atoms with Crippen LogP contribution in [0, 0.1) is 0 Å². The maximum Gasteiger partial charge on any atom is 0.248 e. The van der Waals surface area contributed by atoms with Crippen LogP contribution in [-0.2, 0) is 21.1 Å². The Morgan fingerprint density at radius 2 is 2.04 bits per heavy atom. The molecular weight excluding hydrogens is 344 g/mol. The second kappa shape index (κ2) is 7.27. The Kier molecular flexibility index (Phi) is 5.30. The summed E-state index contributed by atoms with van der Waals surface area (Å²) in [4.78, 5) is 18.2. The molecule has 2 aliphatic heterocycles. The highest BCUT2D eigenvalue weighted by atomic mass is 32.2. The molecule has 0 radical (unpaired) electrons. The number of aliphatic imine (C=N–C) groups is 1. The molecule has 0 saturated carbocycles. The molecule has 0 unspecified atom stereocenters. The number of nitrogens with zero attached hydrogens (tertiary/aromatic N) is 2. The summed E-state index contributed by atoms with van der Waals surface area (Å²) in [6.45, 7) is 2.64. The lowest BCUT2D eigenvalue weighted by atomic mass is 10.1. The smallest absolute Gasteiger partial charge is 0.248 e. The monoisotopic (exact) mass is 366 g/mol. The molecule has 0 aromatic heterocycles. The molecule has 5 nitrogen and oxygen atoms in total. The normalized spacial score (nSPS) is 26.7. The average Bonchev–Trinajstić information content (AvgIpc) is 2.98. The number of amidine groups is 1. The zero-order valence-electron chi connectivity index (χ0n) is 13.7. The van der Waals surface area contributed by atoms with Crippen molar-refractivity contribution in [2.45, 2.75) is 37.5 Å². The van der Waals surface area contributed by atoms with Gasteiger partial charge in [0.2, 0.25) is 5.91 Å². The largest absolute Gasteiger partial charge is 0.346 e. The van der Waals surface area contributed by atoms with E-state index in [0.717, 1.165) is 12.8 Å². The van der Waals surface area contributed by atoms with Gasteiger partial charge in [-0.05, 0) is 18.4 Å². The molecule has 2 aliphatic rings. The van der Waals surface area contributed by atoms with Crippen molar-refractivity contribution in [3.8, 4) is 0 Å². The van der Waals surface area contributed by atoms with Gasteiger partial charge in [0, 0.05) is 18.2 Å². The number of benzene rings is 1. The molecule has 3 rings (SSSR count). The number of sulfone groups is 1. The van der Waals surface area contributed by atoms with Gasteiger partial charge in [-0.25, -0.2) is 8.42 Å². The first-order chi connectivity index (χ1) is 11.5. The SMILES string of the molecule is CCCC(=O)N=C1S[C@@H]2CS(=O)(=O)C[C@@H]2N1CCc1ccccc1. The minimum absolute atomic E-state index is 0.000972. The third-order valence-corrected chi connectivity index (χ3v) is 7.59. The van der Waals surface area contributed by atoms with Crippen LogP contribution in [0.15, 0.2) is 35.3 Å². The molecule has 0 bridgehead atoms. The molecule has 7 heteroatoms. The van der Waals surface area contributed by atoms with Gasteiger partial charge in [-0.1, -0.05) is 49.0 Å². The van der Waals surface area contributed by atoms with E-state index in [1.54, 1.807) is 0 Å². The molecule has 2 heterocycles. The predicted molar refractivity (Wildman–Crippen MR) is 98.0 cm³/mol. The number of carbonyl (C=O) groups excluding carboxylic acids is 1. The Morgan fingerprint density at radius 1 is 1.29 bits per heavy atom. The van der Waals surface area contributed by atoms with E-state index in [0.29, 0.717) is 18.1 Å². The summed E-state index contributed by atoms with van der Waals surface area (Å²) in [7, 11) is -2.99. The summed E-state index contributed by atoms with van der Waals surface area (Å²) < 4.78 is 23.9. The van der Waals surface area contributed by atoms with Crippen molar-refractivity contribution in [2.24, 2.45) is 4.99 Å². The number of amides is 1. The molecule has 1 aromatic carbocycles. The van der Waals surface area contributed by atoms with E-state index in [1.165, 1.54) is 17.3 Å². The van der Waals surface area contributed by atoms with Gasteiger partial charge >= 0.3 is 0 Å². The molecular formula is C17H22N2O3S2. The van der Waals surface area contributed by atoms with Crippen molar-refractivity contribution in [1.82, 2.24) is 4.90 Å². The van der Waals surface area contributed by atoms with E-state index < -0.39 is 9.84 Å². The standard InChI is InChI=1S/C17H22N2O3S2/c1-2-6-16(20)18-17-19(10-9-13-7-4-3-5-8-13)14-11-24(21,22)12-15(14)23-17/h3-5,7-8,14-15H,2,6,9-12H2,1H3/t14-,15+/m0/s1. The number of carbonyl (C=O) groups is 1. The maximum atomic E-state index is 11.9. The van der Waals surface area contributed by atoms with Gasteiger partial charge in [-0.3, -0.25) is 4.79 Å². The fourth-order valence-corrected chi connectivity index (χ4v) is 7.16. The highest BCUT2D eigenvalue weighted by molar-refractivity contribution is 8.15. The number of hydrogen-bond acceptors (Lipinski definition) is 4. The van der Waals surface area contributed by atoms with Gasteiger partial charge in [0.1, 0.15) is 0 Å². The number of fused-ring (bicyclic) bond motifs is 1. The predicted octanol–water partition coefficient (Wildman–Crippen LogP) is 2.13. The van der Waals surface area contributed by atoms with E-state index in [4.69, 9.17) is 0 Å². The van der Waals surface area contributed by atoms with Crippen molar-refractivity contribution in [3.05, 3.63) is 35.9 Å². The molecule has 0 aliphatic carbocycles. The lowest BCUT2D eigenvalue weighted by Crippen LogP contribution is -2.39. The Morgan fingerprint density at radius 3 is 2.75 bits per heavy atom. The van der Waals surface area contributed by atoms with Crippen LogP contribution in [-0.4, -0.2) is 53.7 Å². The van der Waals surface area contributed by atoms with Crippen LogP contribution in [0.1, 0.15) is 25.3 Å². The number of rotatable bonds is 5. The summed E-state index contributed by atoms with van der Waals surface area (Å²) in [6.07, 6.45) is 2.02. The third-order valence-electron chi connectivity index (χ3n) is 4.34. The van der Waals surface area contributed by atoms with E-state index in [1.807, 2.05) is 30.0 Å². The Labute approximate surface area is 147 Å². The van der Waals surface area contributed by atoms with Crippen molar-refractivity contribution in [1.29, 1.82) is 0 Å². The molecule has 0 spiro atoms. The Bertz CT molecular complexity index is 731. The molecule has 24 heavy (non-hydrogen) atoms. The van der Waals surface area contributed by atoms with Crippen molar-refractivity contribution in [3.63, 3.8) is 0 Å². The van der Waals surface area contributed by atoms with Gasteiger partial charge in [0.05, 0.1) is 17.5 Å². The quantitative estimate of drug-likeness (QED) is 0.799. The Balaban J connectivity index is 1.77. The minimum Gasteiger partial charge on any atom is -0.346 e. The number of hydrogen-bond donors (Lipinski definition) is 0. The first kappa shape index (κ1) is 17.5. The van der Waals surface area contributed by atoms with Crippen LogP contribution >= 0.6 is 11.8 Å². The lowest BCUT2D eigenvalue weighted by Gasteiger charge is -2.24. The summed E-state index contributed by atoms with van der Waals surface area (Å²) in [5, 5.41) is 0.702. The summed E-state index contributed by atoms with van der Waals surface area (Å²) >= 11 is 1.46. The topological polar surface area (TPSA) is 66.8 Å². The Hall–Kier alpha value is -1.34. The zero-order chi connectivity index (χ0) is 17.2. The molecule has 0 N–H and O–H groups in total. The van der Waals surface area contributed by atoms with Crippen molar-refractivity contribution >= 4 is 32.7 Å². The fourth-order valence-electron chi connectivity index (χ4n) is 3.17. The molecule has 2 atom stereocenters. The molecule has 2 saturated heterocycles. The van der Waals surface area contributed by atoms with Crippen molar-refractivity contribution < 1.29 is 13.2 Å². The van der Waals surface area contributed by atoms with Crippen LogP contribution in [0.3, 0.4) is 0 Å². The maximum absolute atomic E-state index is 11.9. The first-order valence-electron chi connectivity index (χ1n) is 8.27. The zero-order valence-corrected chi connectivity index (χ0v) is 15.4. The van der Waals surface area contributed by atoms with E-state index in [9.17, 15) is 13.2 Å². The number of thioether (sulfide) groups is 1. The van der Waals surface area contributed by atoms with Crippen LogP contribution in [0.4, 0.5) is 0 Å². The second-order valence-corrected chi connectivity index (χ2v) is 9.63. The van der Waals surface area contributed by atoms with Gasteiger partial charge < -0.3 is 4.90 Å². The minimum atomic E-state index is -2.99. The second-order valence-electron chi connectivity index (χ2n) is 6.27. The lowest BCUT2D eigenvalue weighted by molar-refractivity contribution is -0.117. The third kappa shape index (κ3) is 4.00. The highest BCUT2D eigenvalue weighted by Crippen LogP contribution is 2.38.